The highest BCUT2D eigenvalue weighted by Gasteiger charge is 2.25. The Bertz CT molecular complexity index is 953. The van der Waals surface area contributed by atoms with Gasteiger partial charge in [-0.15, -0.1) is 0 Å². The number of nitrogens with zero attached hydrogens (tertiary/aromatic N) is 1. The van der Waals surface area contributed by atoms with Crippen molar-refractivity contribution in [2.75, 3.05) is 7.11 Å². The average Bonchev–Trinajstić information content (AvgIpc) is 2.95. The maximum absolute atomic E-state index is 6.28. The Morgan fingerprint density at radius 2 is 1.62 bits per heavy atom. The first kappa shape index (κ1) is 18.5. The minimum atomic E-state index is -0.0226. The summed E-state index contributed by atoms with van der Waals surface area (Å²) in [6.07, 6.45) is 0. The van der Waals surface area contributed by atoms with Gasteiger partial charge in [0.15, 0.2) is 5.58 Å². The van der Waals surface area contributed by atoms with E-state index < -0.39 is 0 Å². The van der Waals surface area contributed by atoms with E-state index in [0.29, 0.717) is 5.89 Å². The lowest BCUT2D eigenvalue weighted by Crippen LogP contribution is -2.16. The third-order valence-electron chi connectivity index (χ3n) is 4.83. The average molecular weight is 351 g/mol. The van der Waals surface area contributed by atoms with Crippen LogP contribution in [0, 0.1) is 6.92 Å². The van der Waals surface area contributed by atoms with Crippen molar-refractivity contribution in [1.82, 2.24) is 4.98 Å². The lowest BCUT2D eigenvalue weighted by atomic mass is 9.80. The van der Waals surface area contributed by atoms with E-state index in [-0.39, 0.29) is 10.8 Å². The fourth-order valence-electron chi connectivity index (χ4n) is 3.14. The zero-order chi connectivity index (χ0) is 19.3. The van der Waals surface area contributed by atoms with Gasteiger partial charge in [-0.25, -0.2) is 4.98 Å². The van der Waals surface area contributed by atoms with Crippen molar-refractivity contribution in [3.63, 3.8) is 0 Å². The van der Waals surface area contributed by atoms with Crippen LogP contribution in [0.3, 0.4) is 0 Å². The van der Waals surface area contributed by atoms with Gasteiger partial charge in [-0.2, -0.15) is 0 Å². The lowest BCUT2D eigenvalue weighted by Gasteiger charge is -2.24. The number of oxazole rings is 1. The number of hydrogen-bond acceptors (Lipinski definition) is 3. The second-order valence-corrected chi connectivity index (χ2v) is 9.07. The third-order valence-corrected chi connectivity index (χ3v) is 4.83. The molecule has 0 aliphatic carbocycles. The third kappa shape index (κ3) is 3.35. The van der Waals surface area contributed by atoms with E-state index in [4.69, 9.17) is 14.1 Å². The summed E-state index contributed by atoms with van der Waals surface area (Å²) in [7, 11) is 1.68. The van der Waals surface area contributed by atoms with Crippen LogP contribution in [0.15, 0.2) is 34.7 Å². The number of hydrogen-bond donors (Lipinski definition) is 0. The smallest absolute Gasteiger partial charge is 0.227 e. The van der Waals surface area contributed by atoms with Gasteiger partial charge in [0.25, 0.3) is 0 Å². The fourth-order valence-corrected chi connectivity index (χ4v) is 3.14. The van der Waals surface area contributed by atoms with Crippen LogP contribution >= 0.6 is 0 Å². The Hall–Kier alpha value is -2.29. The minimum absolute atomic E-state index is 0.0226. The summed E-state index contributed by atoms with van der Waals surface area (Å²) >= 11 is 0. The normalized spacial score (nSPS) is 12.6. The molecule has 3 aromatic rings. The van der Waals surface area contributed by atoms with Crippen LogP contribution in [-0.4, -0.2) is 12.1 Å². The number of aryl methyl sites for hydroxylation is 1. The highest BCUT2D eigenvalue weighted by molar-refractivity contribution is 5.82. The molecule has 26 heavy (non-hydrogen) atoms. The topological polar surface area (TPSA) is 35.3 Å². The SMILES string of the molecule is COc1ccc(-c2nc3cc(C(C)(C)C)cc(C(C)(C)C)c3o2)c(C)c1. The van der Waals surface area contributed by atoms with Gasteiger partial charge in [0.2, 0.25) is 5.89 Å². The molecule has 0 radical (unpaired) electrons. The highest BCUT2D eigenvalue weighted by atomic mass is 16.5. The lowest BCUT2D eigenvalue weighted by molar-refractivity contribution is 0.414. The molecule has 0 spiro atoms. The molecule has 0 amide bonds. The fraction of sp³-hybridized carbons (Fsp3) is 0.435. The van der Waals surface area contributed by atoms with Gasteiger partial charge in [0.1, 0.15) is 11.3 Å². The first-order valence-corrected chi connectivity index (χ1v) is 9.11. The number of rotatable bonds is 2. The molecule has 0 saturated carbocycles. The van der Waals surface area contributed by atoms with Gasteiger partial charge in [0, 0.05) is 11.1 Å². The monoisotopic (exact) mass is 351 g/mol. The molecule has 0 aliphatic heterocycles. The van der Waals surface area contributed by atoms with Crippen LogP contribution in [0.5, 0.6) is 5.75 Å². The van der Waals surface area contributed by atoms with Gasteiger partial charge in [-0.3, -0.25) is 0 Å². The second-order valence-electron chi connectivity index (χ2n) is 9.07. The molecule has 0 bridgehead atoms. The molecule has 0 aliphatic rings. The predicted octanol–water partition coefficient (Wildman–Crippen LogP) is 6.41. The summed E-state index contributed by atoms with van der Waals surface area (Å²) < 4.78 is 11.6. The van der Waals surface area contributed by atoms with Crippen LogP contribution in [0.1, 0.15) is 58.2 Å². The van der Waals surface area contributed by atoms with E-state index in [1.807, 2.05) is 18.2 Å². The van der Waals surface area contributed by atoms with Crippen LogP contribution < -0.4 is 4.74 Å². The molecule has 138 valence electrons. The quantitative estimate of drug-likeness (QED) is 0.535. The molecule has 0 unspecified atom stereocenters. The van der Waals surface area contributed by atoms with E-state index in [1.165, 1.54) is 11.1 Å². The molecule has 0 atom stereocenters. The van der Waals surface area contributed by atoms with Crippen molar-refractivity contribution in [1.29, 1.82) is 0 Å². The van der Waals surface area contributed by atoms with Crippen molar-refractivity contribution in [3.8, 4) is 17.2 Å². The molecule has 1 aromatic heterocycles. The number of benzene rings is 2. The Kier molecular flexibility index (Phi) is 4.38. The second kappa shape index (κ2) is 6.15. The molecule has 1 heterocycles. The Balaban J connectivity index is 2.25. The molecule has 3 rings (SSSR count). The molecule has 0 N–H and O–H groups in total. The van der Waals surface area contributed by atoms with E-state index >= 15 is 0 Å². The first-order chi connectivity index (χ1) is 12.0. The maximum Gasteiger partial charge on any atom is 0.227 e. The maximum atomic E-state index is 6.28. The van der Waals surface area contributed by atoms with Gasteiger partial charge in [-0.1, -0.05) is 47.6 Å². The summed E-state index contributed by atoms with van der Waals surface area (Å²) in [6.45, 7) is 15.4. The van der Waals surface area contributed by atoms with E-state index in [1.54, 1.807) is 7.11 Å². The van der Waals surface area contributed by atoms with Crippen LogP contribution in [0.4, 0.5) is 0 Å². The number of ether oxygens (including phenoxy) is 1. The van der Waals surface area contributed by atoms with Crippen molar-refractivity contribution in [2.45, 2.75) is 59.3 Å². The van der Waals surface area contributed by atoms with Crippen molar-refractivity contribution < 1.29 is 9.15 Å². The standard InChI is InChI=1S/C23H29NO2/c1-14-11-16(25-8)9-10-17(14)21-24-19-13-15(22(2,3)4)12-18(20(19)26-21)23(5,6)7/h9-13H,1-8H3. The largest absolute Gasteiger partial charge is 0.497 e. The van der Waals surface area contributed by atoms with Gasteiger partial charge in [0.05, 0.1) is 7.11 Å². The predicted molar refractivity (Wildman–Crippen MR) is 108 cm³/mol. The number of fused-ring (bicyclic) bond motifs is 1. The summed E-state index contributed by atoms with van der Waals surface area (Å²) in [5, 5.41) is 0. The first-order valence-electron chi connectivity index (χ1n) is 9.11. The molecule has 2 aromatic carbocycles. The Labute approximate surface area is 156 Å². The Morgan fingerprint density at radius 3 is 2.15 bits per heavy atom. The van der Waals surface area contributed by atoms with Crippen LogP contribution in [-0.2, 0) is 10.8 Å². The Morgan fingerprint density at radius 1 is 0.923 bits per heavy atom. The molecule has 0 saturated heterocycles. The molecule has 0 fully saturated rings. The summed E-state index contributed by atoms with van der Waals surface area (Å²) in [5.41, 5.74) is 6.41. The van der Waals surface area contributed by atoms with Crippen LogP contribution in [0.25, 0.3) is 22.6 Å². The number of aromatic nitrogens is 1. The van der Waals surface area contributed by atoms with E-state index in [0.717, 1.165) is 28.0 Å². The number of methoxy groups -OCH3 is 1. The summed E-state index contributed by atoms with van der Waals surface area (Å²) in [4.78, 5) is 4.84. The zero-order valence-corrected chi connectivity index (χ0v) is 17.2. The van der Waals surface area contributed by atoms with Crippen molar-refractivity contribution in [2.24, 2.45) is 0 Å². The molecule has 3 heteroatoms. The highest BCUT2D eigenvalue weighted by Crippen LogP contribution is 2.38. The summed E-state index contributed by atoms with van der Waals surface area (Å²) in [6, 6.07) is 10.4. The van der Waals surface area contributed by atoms with Crippen molar-refractivity contribution in [3.05, 3.63) is 47.0 Å². The van der Waals surface area contributed by atoms with Gasteiger partial charge >= 0.3 is 0 Å². The van der Waals surface area contributed by atoms with Crippen LogP contribution in [0.2, 0.25) is 0 Å². The van der Waals surface area contributed by atoms with E-state index in [9.17, 15) is 0 Å². The molecular weight excluding hydrogens is 322 g/mol. The van der Waals surface area contributed by atoms with Gasteiger partial charge < -0.3 is 9.15 Å². The van der Waals surface area contributed by atoms with E-state index in [2.05, 4.69) is 60.6 Å². The zero-order valence-electron chi connectivity index (χ0n) is 17.2. The van der Waals surface area contributed by atoms with Crippen molar-refractivity contribution >= 4 is 11.1 Å². The van der Waals surface area contributed by atoms with Gasteiger partial charge in [-0.05, 0) is 53.1 Å². The molecule has 3 nitrogen and oxygen atoms in total. The summed E-state index contributed by atoms with van der Waals surface area (Å²) in [5.74, 6) is 1.50. The minimum Gasteiger partial charge on any atom is -0.497 e. The molecular formula is C23H29NO2.